The van der Waals surface area contributed by atoms with Crippen molar-refractivity contribution in [1.82, 2.24) is 15.1 Å². The molecule has 0 aliphatic carbocycles. The van der Waals surface area contributed by atoms with Crippen LogP contribution in [0, 0.1) is 6.92 Å². The smallest absolute Gasteiger partial charge is 0.334 e. The summed E-state index contributed by atoms with van der Waals surface area (Å²) in [6.07, 6.45) is 0.653. The molecule has 1 fully saturated rings. The number of likely N-dealkylation sites (N-methyl/N-ethyl adjacent to an activating group) is 1. The molecule has 0 radical (unpaired) electrons. The van der Waals surface area contributed by atoms with Crippen LogP contribution in [0.3, 0.4) is 0 Å². The minimum absolute atomic E-state index is 0.106. The van der Waals surface area contributed by atoms with E-state index in [1.165, 1.54) is 0 Å². The summed E-state index contributed by atoms with van der Waals surface area (Å²) >= 11 is 0. The molecule has 0 aromatic heterocycles. The number of carbonyl (C=O) groups is 4. The summed E-state index contributed by atoms with van der Waals surface area (Å²) < 4.78 is 0. The Labute approximate surface area is 134 Å². The molecule has 1 aromatic rings. The van der Waals surface area contributed by atoms with Gasteiger partial charge in [0, 0.05) is 13.1 Å². The molecule has 0 bridgehead atoms. The van der Waals surface area contributed by atoms with Crippen LogP contribution in [0.15, 0.2) is 24.3 Å². The predicted octanol–water partition coefficient (Wildman–Crippen LogP) is 0.464. The molecule has 5 amide bonds. The third-order valence-electron chi connectivity index (χ3n) is 3.73. The van der Waals surface area contributed by atoms with Gasteiger partial charge in [0.1, 0.15) is 6.54 Å². The van der Waals surface area contributed by atoms with E-state index in [-0.39, 0.29) is 6.54 Å². The fourth-order valence-electron chi connectivity index (χ4n) is 2.40. The van der Waals surface area contributed by atoms with Crippen molar-refractivity contribution in [3.05, 3.63) is 35.4 Å². The molecule has 1 N–H and O–H groups in total. The number of hydrogen-bond donors (Lipinski definition) is 1. The van der Waals surface area contributed by atoms with Crippen molar-refractivity contribution in [3.8, 4) is 0 Å². The first-order valence-electron chi connectivity index (χ1n) is 7.44. The van der Waals surface area contributed by atoms with Gasteiger partial charge in [0.15, 0.2) is 0 Å². The van der Waals surface area contributed by atoms with Crippen LogP contribution in [0.25, 0.3) is 0 Å². The van der Waals surface area contributed by atoms with E-state index in [0.29, 0.717) is 17.9 Å². The average Bonchev–Trinajstić information content (AvgIpc) is 2.72. The molecule has 7 nitrogen and oxygen atoms in total. The van der Waals surface area contributed by atoms with Crippen molar-refractivity contribution in [2.75, 3.05) is 19.6 Å². The molecule has 1 heterocycles. The third kappa shape index (κ3) is 3.56. The number of imide groups is 2. The fourth-order valence-corrected chi connectivity index (χ4v) is 2.40. The Bertz CT molecular complexity index is 656. The number of urea groups is 1. The number of rotatable bonds is 6. The summed E-state index contributed by atoms with van der Waals surface area (Å²) in [4.78, 5) is 48.5. The highest BCUT2D eigenvalue weighted by molar-refractivity contribution is 6.45. The number of nitrogens with one attached hydrogen (secondary N) is 1. The van der Waals surface area contributed by atoms with Gasteiger partial charge in [-0.2, -0.15) is 0 Å². The lowest BCUT2D eigenvalue weighted by molar-refractivity contribution is -0.143. The number of nitrogens with zero attached hydrogens (tertiary/aromatic N) is 2. The number of aryl methyl sites for hydroxylation is 1. The number of carbonyl (C=O) groups excluding carboxylic acids is 4. The zero-order valence-electron chi connectivity index (χ0n) is 13.2. The van der Waals surface area contributed by atoms with E-state index >= 15 is 0 Å². The van der Waals surface area contributed by atoms with Gasteiger partial charge in [-0.05, 0) is 31.4 Å². The molecule has 0 spiro atoms. The van der Waals surface area contributed by atoms with Crippen LogP contribution in [0.1, 0.15) is 18.1 Å². The molecule has 23 heavy (non-hydrogen) atoms. The summed E-state index contributed by atoms with van der Waals surface area (Å²) in [6.45, 7) is 3.65. The van der Waals surface area contributed by atoms with Crippen LogP contribution in [0.2, 0.25) is 0 Å². The normalized spacial score (nSPS) is 14.6. The second kappa shape index (κ2) is 7.04. The Balaban J connectivity index is 1.86. The van der Waals surface area contributed by atoms with Gasteiger partial charge >= 0.3 is 17.8 Å². The SMILES string of the molecule is CCN1C(=O)C(=O)N(CC(=O)NCCc2ccccc2C)C1=O. The van der Waals surface area contributed by atoms with Gasteiger partial charge in [-0.15, -0.1) is 0 Å². The minimum Gasteiger partial charge on any atom is -0.354 e. The van der Waals surface area contributed by atoms with Crippen LogP contribution < -0.4 is 5.32 Å². The lowest BCUT2D eigenvalue weighted by Crippen LogP contribution is -2.41. The molecule has 7 heteroatoms. The molecule has 0 atom stereocenters. The molecule has 1 saturated heterocycles. The van der Waals surface area contributed by atoms with Crippen LogP contribution in [0.5, 0.6) is 0 Å². The Morgan fingerprint density at radius 1 is 1.09 bits per heavy atom. The lowest BCUT2D eigenvalue weighted by Gasteiger charge is -2.14. The molecule has 0 saturated carbocycles. The molecular weight excluding hydrogens is 298 g/mol. The monoisotopic (exact) mass is 317 g/mol. The van der Waals surface area contributed by atoms with Crippen LogP contribution in [0.4, 0.5) is 4.79 Å². The Hall–Kier alpha value is -2.70. The average molecular weight is 317 g/mol. The largest absolute Gasteiger partial charge is 0.354 e. The highest BCUT2D eigenvalue weighted by atomic mass is 16.2. The van der Waals surface area contributed by atoms with E-state index in [1.807, 2.05) is 31.2 Å². The third-order valence-corrected chi connectivity index (χ3v) is 3.73. The van der Waals surface area contributed by atoms with Crippen molar-refractivity contribution in [3.63, 3.8) is 0 Å². The van der Waals surface area contributed by atoms with Crippen molar-refractivity contribution < 1.29 is 19.2 Å². The van der Waals surface area contributed by atoms with Crippen molar-refractivity contribution in [1.29, 1.82) is 0 Å². The topological polar surface area (TPSA) is 86.8 Å². The van der Waals surface area contributed by atoms with Crippen molar-refractivity contribution >= 4 is 23.8 Å². The molecular formula is C16H19N3O4. The maximum absolute atomic E-state index is 11.9. The second-order valence-corrected chi connectivity index (χ2v) is 5.25. The van der Waals surface area contributed by atoms with Gasteiger partial charge in [0.25, 0.3) is 0 Å². The van der Waals surface area contributed by atoms with Gasteiger partial charge in [-0.3, -0.25) is 19.3 Å². The summed E-state index contributed by atoms with van der Waals surface area (Å²) in [7, 11) is 0. The highest BCUT2D eigenvalue weighted by Gasteiger charge is 2.44. The van der Waals surface area contributed by atoms with Gasteiger partial charge < -0.3 is 5.32 Å². The first-order chi connectivity index (χ1) is 11.0. The number of benzene rings is 1. The van der Waals surface area contributed by atoms with Crippen LogP contribution in [-0.2, 0) is 20.8 Å². The summed E-state index contributed by atoms with van der Waals surface area (Å²) in [5.41, 5.74) is 2.25. The Morgan fingerprint density at radius 3 is 2.35 bits per heavy atom. The quantitative estimate of drug-likeness (QED) is 0.610. The van der Waals surface area contributed by atoms with E-state index in [2.05, 4.69) is 5.32 Å². The molecule has 1 aromatic carbocycles. The lowest BCUT2D eigenvalue weighted by atomic mass is 10.1. The maximum Gasteiger partial charge on any atom is 0.334 e. The van der Waals surface area contributed by atoms with E-state index in [4.69, 9.17) is 0 Å². The Kier molecular flexibility index (Phi) is 5.10. The van der Waals surface area contributed by atoms with E-state index in [1.54, 1.807) is 6.92 Å². The molecule has 2 rings (SSSR count). The molecule has 1 aliphatic heterocycles. The van der Waals surface area contributed by atoms with Gasteiger partial charge in [0.05, 0.1) is 0 Å². The summed E-state index contributed by atoms with van der Waals surface area (Å²) in [5, 5.41) is 2.66. The summed E-state index contributed by atoms with van der Waals surface area (Å²) in [6, 6.07) is 7.10. The van der Waals surface area contributed by atoms with E-state index in [0.717, 1.165) is 16.0 Å². The number of hydrogen-bond acceptors (Lipinski definition) is 4. The van der Waals surface area contributed by atoms with Crippen molar-refractivity contribution in [2.45, 2.75) is 20.3 Å². The van der Waals surface area contributed by atoms with E-state index in [9.17, 15) is 19.2 Å². The van der Waals surface area contributed by atoms with Crippen LogP contribution >= 0.6 is 0 Å². The van der Waals surface area contributed by atoms with E-state index < -0.39 is 30.3 Å². The van der Waals surface area contributed by atoms with Gasteiger partial charge in [-0.1, -0.05) is 24.3 Å². The first-order valence-corrected chi connectivity index (χ1v) is 7.44. The molecule has 1 aliphatic rings. The maximum atomic E-state index is 11.9. The standard InChI is InChI=1S/C16H19N3O4/c1-3-18-14(21)15(22)19(16(18)23)10-13(20)17-9-8-12-7-5-4-6-11(12)2/h4-7H,3,8-10H2,1-2H3,(H,17,20). The highest BCUT2D eigenvalue weighted by Crippen LogP contribution is 2.11. The second-order valence-electron chi connectivity index (χ2n) is 5.25. The predicted molar refractivity (Wildman–Crippen MR) is 82.4 cm³/mol. The Morgan fingerprint density at radius 2 is 1.74 bits per heavy atom. The summed E-state index contributed by atoms with van der Waals surface area (Å²) in [5.74, 6) is -2.30. The van der Waals surface area contributed by atoms with Crippen molar-refractivity contribution in [2.24, 2.45) is 0 Å². The fraction of sp³-hybridized carbons (Fsp3) is 0.375. The number of amides is 5. The molecule has 122 valence electrons. The first kappa shape index (κ1) is 16.7. The zero-order chi connectivity index (χ0) is 17.0. The van der Waals surface area contributed by atoms with Crippen LogP contribution in [-0.4, -0.2) is 53.2 Å². The zero-order valence-corrected chi connectivity index (χ0v) is 13.2. The van der Waals surface area contributed by atoms with Gasteiger partial charge in [-0.25, -0.2) is 9.69 Å². The minimum atomic E-state index is -0.953. The van der Waals surface area contributed by atoms with Gasteiger partial charge in [0.2, 0.25) is 5.91 Å². The molecule has 0 unspecified atom stereocenters.